The molecule has 2 fully saturated rings. The van der Waals surface area contributed by atoms with Crippen molar-refractivity contribution in [1.29, 1.82) is 0 Å². The van der Waals surface area contributed by atoms with Crippen molar-refractivity contribution in [2.24, 2.45) is 0 Å². The Hall–Kier alpha value is -2.37. The minimum absolute atomic E-state index is 0.203. The van der Waals surface area contributed by atoms with Crippen LogP contribution in [0.5, 0.6) is 0 Å². The minimum Gasteiger partial charge on any atom is -0.323 e. The third-order valence-corrected chi connectivity index (χ3v) is 5.10. The van der Waals surface area contributed by atoms with Gasteiger partial charge in [-0.1, -0.05) is 44.4 Å². The summed E-state index contributed by atoms with van der Waals surface area (Å²) < 4.78 is 0. The molecule has 4 amide bonds. The number of carbonyl (C=O) groups excluding carboxylic acids is 3. The van der Waals surface area contributed by atoms with Gasteiger partial charge in [-0.05, 0) is 31.4 Å². The van der Waals surface area contributed by atoms with Gasteiger partial charge in [-0.25, -0.2) is 4.79 Å². The number of carbonyl (C=O) groups is 3. The van der Waals surface area contributed by atoms with Gasteiger partial charge >= 0.3 is 6.03 Å². The smallest absolute Gasteiger partial charge is 0.323 e. The van der Waals surface area contributed by atoms with Crippen LogP contribution in [0.15, 0.2) is 30.3 Å². The van der Waals surface area contributed by atoms with Gasteiger partial charge in [0.05, 0.1) is 0 Å². The first kappa shape index (κ1) is 17.5. The SMILES string of the molecule is CCCCN(C(=O)CN1C(=O)NC2(CCCC2)C1=O)c1ccccc1. The average Bonchev–Trinajstić information content (AvgIpc) is 3.17. The maximum atomic E-state index is 12.9. The van der Waals surface area contributed by atoms with Gasteiger partial charge in [-0.2, -0.15) is 0 Å². The van der Waals surface area contributed by atoms with Crippen LogP contribution in [-0.2, 0) is 9.59 Å². The second-order valence-electron chi connectivity index (χ2n) is 6.85. The molecule has 2 aliphatic rings. The Labute approximate surface area is 148 Å². The van der Waals surface area contributed by atoms with Crippen molar-refractivity contribution in [1.82, 2.24) is 10.2 Å². The Morgan fingerprint density at radius 1 is 1.20 bits per heavy atom. The summed E-state index contributed by atoms with van der Waals surface area (Å²) in [5.41, 5.74) is 0.0295. The second-order valence-corrected chi connectivity index (χ2v) is 6.85. The summed E-state index contributed by atoms with van der Waals surface area (Å²) in [4.78, 5) is 40.6. The Morgan fingerprint density at radius 2 is 1.88 bits per heavy atom. The molecule has 0 unspecified atom stereocenters. The van der Waals surface area contributed by atoms with Crippen LogP contribution in [0, 0.1) is 0 Å². The molecular formula is C19H25N3O3. The number of nitrogens with zero attached hydrogens (tertiary/aromatic N) is 2. The largest absolute Gasteiger partial charge is 0.325 e. The molecule has 3 rings (SSSR count). The number of rotatable bonds is 6. The molecule has 1 aliphatic carbocycles. The molecule has 1 aliphatic heterocycles. The predicted molar refractivity (Wildman–Crippen MR) is 95.1 cm³/mol. The molecular weight excluding hydrogens is 318 g/mol. The van der Waals surface area contributed by atoms with Crippen LogP contribution in [0.2, 0.25) is 0 Å². The summed E-state index contributed by atoms with van der Waals surface area (Å²) in [7, 11) is 0. The highest BCUT2D eigenvalue weighted by Crippen LogP contribution is 2.35. The zero-order valence-electron chi connectivity index (χ0n) is 14.7. The lowest BCUT2D eigenvalue weighted by Crippen LogP contribution is -2.46. The molecule has 1 aromatic rings. The highest BCUT2D eigenvalue weighted by Gasteiger charge is 2.52. The van der Waals surface area contributed by atoms with E-state index in [0.717, 1.165) is 36.3 Å². The lowest BCUT2D eigenvalue weighted by Gasteiger charge is -2.25. The standard InChI is InChI=1S/C19H25N3O3/c1-2-3-13-21(15-9-5-4-6-10-15)16(23)14-22-17(24)19(20-18(22)25)11-7-8-12-19/h4-6,9-10H,2-3,7-8,11-14H2,1H3,(H,20,25). The van der Waals surface area contributed by atoms with E-state index >= 15 is 0 Å². The molecule has 1 saturated carbocycles. The van der Waals surface area contributed by atoms with E-state index in [0.29, 0.717) is 19.4 Å². The number of hydrogen-bond donors (Lipinski definition) is 1. The van der Waals surface area contributed by atoms with Crippen molar-refractivity contribution in [2.45, 2.75) is 51.0 Å². The van der Waals surface area contributed by atoms with E-state index in [-0.39, 0.29) is 18.4 Å². The van der Waals surface area contributed by atoms with Crippen LogP contribution in [-0.4, -0.2) is 41.4 Å². The van der Waals surface area contributed by atoms with Gasteiger partial charge in [0.15, 0.2) is 0 Å². The van der Waals surface area contributed by atoms with Crippen LogP contribution >= 0.6 is 0 Å². The molecule has 1 spiro atoms. The third kappa shape index (κ3) is 3.38. The van der Waals surface area contributed by atoms with E-state index in [1.165, 1.54) is 0 Å². The van der Waals surface area contributed by atoms with Crippen LogP contribution in [0.4, 0.5) is 10.5 Å². The van der Waals surface area contributed by atoms with Crippen molar-refractivity contribution in [2.75, 3.05) is 18.0 Å². The molecule has 0 aromatic heterocycles. The van der Waals surface area contributed by atoms with E-state index in [2.05, 4.69) is 12.2 Å². The summed E-state index contributed by atoms with van der Waals surface area (Å²) >= 11 is 0. The molecule has 25 heavy (non-hydrogen) atoms. The summed E-state index contributed by atoms with van der Waals surface area (Å²) in [6.45, 7) is 2.44. The van der Waals surface area contributed by atoms with E-state index in [1.54, 1.807) is 4.90 Å². The van der Waals surface area contributed by atoms with Gasteiger partial charge in [-0.3, -0.25) is 14.5 Å². The maximum Gasteiger partial charge on any atom is 0.325 e. The topological polar surface area (TPSA) is 69.7 Å². The molecule has 1 saturated heterocycles. The minimum atomic E-state index is -0.766. The number of unbranched alkanes of at least 4 members (excludes halogenated alkanes) is 1. The van der Waals surface area contributed by atoms with Crippen LogP contribution < -0.4 is 10.2 Å². The number of benzene rings is 1. The first-order valence-electron chi connectivity index (χ1n) is 9.07. The summed E-state index contributed by atoms with van der Waals surface area (Å²) in [5, 5.41) is 2.82. The van der Waals surface area contributed by atoms with Gasteiger partial charge in [-0.15, -0.1) is 0 Å². The normalized spacial score (nSPS) is 18.7. The van der Waals surface area contributed by atoms with Crippen molar-refractivity contribution in [3.63, 3.8) is 0 Å². The zero-order valence-corrected chi connectivity index (χ0v) is 14.7. The predicted octanol–water partition coefficient (Wildman–Crippen LogP) is 2.68. The molecule has 134 valence electrons. The quantitative estimate of drug-likeness (QED) is 0.808. The van der Waals surface area contributed by atoms with Crippen molar-refractivity contribution in [3.05, 3.63) is 30.3 Å². The number of anilines is 1. The molecule has 6 nitrogen and oxygen atoms in total. The highest BCUT2D eigenvalue weighted by molar-refractivity contribution is 6.10. The summed E-state index contributed by atoms with van der Waals surface area (Å²) in [5.74, 6) is -0.468. The van der Waals surface area contributed by atoms with E-state index < -0.39 is 11.6 Å². The molecule has 0 atom stereocenters. The Balaban J connectivity index is 1.74. The fourth-order valence-electron chi connectivity index (χ4n) is 3.68. The fourth-order valence-corrected chi connectivity index (χ4v) is 3.68. The van der Waals surface area contributed by atoms with Crippen LogP contribution in [0.1, 0.15) is 45.4 Å². The second kappa shape index (κ2) is 7.25. The van der Waals surface area contributed by atoms with E-state index in [9.17, 15) is 14.4 Å². The molecule has 0 radical (unpaired) electrons. The van der Waals surface area contributed by atoms with Crippen LogP contribution in [0.3, 0.4) is 0 Å². The first-order chi connectivity index (χ1) is 12.1. The summed E-state index contributed by atoms with van der Waals surface area (Å²) in [6, 6.07) is 8.96. The number of hydrogen-bond acceptors (Lipinski definition) is 3. The monoisotopic (exact) mass is 343 g/mol. The third-order valence-electron chi connectivity index (χ3n) is 5.10. The molecule has 1 N–H and O–H groups in total. The van der Waals surface area contributed by atoms with E-state index in [1.807, 2.05) is 30.3 Å². The Bertz CT molecular complexity index is 653. The number of para-hydroxylation sites is 1. The lowest BCUT2D eigenvalue weighted by atomic mass is 9.98. The summed E-state index contributed by atoms with van der Waals surface area (Å²) in [6.07, 6.45) is 5.02. The van der Waals surface area contributed by atoms with Gasteiger partial charge in [0, 0.05) is 12.2 Å². The molecule has 0 bridgehead atoms. The zero-order chi connectivity index (χ0) is 17.9. The molecule has 1 heterocycles. The number of imide groups is 1. The average molecular weight is 343 g/mol. The first-order valence-corrected chi connectivity index (χ1v) is 9.07. The van der Waals surface area contributed by atoms with Crippen molar-refractivity contribution >= 4 is 23.5 Å². The fraction of sp³-hybridized carbons (Fsp3) is 0.526. The maximum absolute atomic E-state index is 12.9. The van der Waals surface area contributed by atoms with Crippen molar-refractivity contribution in [3.8, 4) is 0 Å². The van der Waals surface area contributed by atoms with Gasteiger partial charge in [0.1, 0.15) is 12.1 Å². The highest BCUT2D eigenvalue weighted by atomic mass is 16.2. The van der Waals surface area contributed by atoms with Gasteiger partial charge in [0.25, 0.3) is 5.91 Å². The van der Waals surface area contributed by atoms with Gasteiger partial charge in [0.2, 0.25) is 5.91 Å². The number of nitrogens with one attached hydrogen (secondary N) is 1. The molecule has 6 heteroatoms. The number of urea groups is 1. The van der Waals surface area contributed by atoms with Gasteiger partial charge < -0.3 is 10.2 Å². The van der Waals surface area contributed by atoms with Crippen molar-refractivity contribution < 1.29 is 14.4 Å². The molecule has 1 aromatic carbocycles. The van der Waals surface area contributed by atoms with E-state index in [4.69, 9.17) is 0 Å². The Kier molecular flexibility index (Phi) is 5.06. The Morgan fingerprint density at radius 3 is 2.52 bits per heavy atom. The lowest BCUT2D eigenvalue weighted by molar-refractivity contribution is -0.134. The number of amides is 4. The van der Waals surface area contributed by atoms with Crippen LogP contribution in [0.25, 0.3) is 0 Å².